The third kappa shape index (κ3) is 4.71. The lowest BCUT2D eigenvalue weighted by Gasteiger charge is -2.16. The van der Waals surface area contributed by atoms with E-state index in [2.05, 4.69) is 23.3 Å². The highest BCUT2D eigenvalue weighted by Crippen LogP contribution is 2.28. The first-order chi connectivity index (χ1) is 15.4. The van der Waals surface area contributed by atoms with Crippen LogP contribution in [0, 0.1) is 0 Å². The molecule has 0 aliphatic carbocycles. The maximum absolute atomic E-state index is 13.4. The van der Waals surface area contributed by atoms with Crippen molar-refractivity contribution < 1.29 is 9.84 Å². The van der Waals surface area contributed by atoms with Crippen molar-refractivity contribution in [3.05, 3.63) is 92.1 Å². The number of aliphatic imine (C=N–C) groups is 1. The average Bonchev–Trinajstić information content (AvgIpc) is 2.79. The first kappa shape index (κ1) is 23.2. The molecule has 0 amide bonds. The summed E-state index contributed by atoms with van der Waals surface area (Å²) < 4.78 is 8.35. The Labute approximate surface area is 189 Å². The Balaban J connectivity index is 2.32. The molecule has 0 radical (unpaired) electrons. The summed E-state index contributed by atoms with van der Waals surface area (Å²) in [6, 6.07) is 7.21. The van der Waals surface area contributed by atoms with Gasteiger partial charge in [0.2, 0.25) is 0 Å². The minimum atomic E-state index is -0.503. The normalized spacial score (nSPS) is 11.5. The van der Waals surface area contributed by atoms with Gasteiger partial charge in [-0.05, 0) is 36.9 Å². The number of aryl methyl sites for hydroxylation is 1. The van der Waals surface area contributed by atoms with E-state index in [4.69, 9.17) is 16.3 Å². The summed E-state index contributed by atoms with van der Waals surface area (Å²) >= 11 is 6.01. The van der Waals surface area contributed by atoms with Crippen molar-refractivity contribution in [3.63, 3.8) is 0 Å². The van der Waals surface area contributed by atoms with E-state index in [0.717, 1.165) is 10.1 Å². The van der Waals surface area contributed by atoms with Crippen molar-refractivity contribution in [1.82, 2.24) is 14.1 Å². The van der Waals surface area contributed by atoms with Gasteiger partial charge in [0, 0.05) is 37.2 Å². The lowest BCUT2D eigenvalue weighted by Crippen LogP contribution is -2.40. The van der Waals surface area contributed by atoms with Gasteiger partial charge in [-0.1, -0.05) is 30.3 Å². The Hall–Kier alpha value is -3.49. The molecule has 0 spiro atoms. The zero-order valence-electron chi connectivity index (χ0n) is 17.6. The van der Waals surface area contributed by atoms with Gasteiger partial charge < -0.3 is 9.84 Å². The number of ether oxygens (including phenoxy) is 1. The molecule has 0 saturated heterocycles. The third-order valence-corrected chi connectivity index (χ3v) is 5.15. The molecule has 0 unspecified atom stereocenters. The van der Waals surface area contributed by atoms with Crippen molar-refractivity contribution >= 4 is 29.4 Å². The lowest BCUT2D eigenvalue weighted by molar-refractivity contribution is 0.277. The first-order valence-corrected chi connectivity index (χ1v) is 10.2. The Bertz CT molecular complexity index is 1310. The smallest absolute Gasteiger partial charge is 0.332 e. The minimum absolute atomic E-state index is 0.0849. The molecule has 32 heavy (non-hydrogen) atoms. The number of hydrogen-bond donors (Lipinski definition) is 1. The number of rotatable bonds is 9. The molecule has 3 rings (SSSR count). The monoisotopic (exact) mass is 454 g/mol. The highest BCUT2D eigenvalue weighted by Gasteiger charge is 2.20. The molecule has 9 heteroatoms. The van der Waals surface area contributed by atoms with Gasteiger partial charge in [0.1, 0.15) is 17.2 Å². The van der Waals surface area contributed by atoms with Gasteiger partial charge in [0.15, 0.2) is 0 Å². The van der Waals surface area contributed by atoms with Gasteiger partial charge in [0.25, 0.3) is 5.56 Å². The summed E-state index contributed by atoms with van der Waals surface area (Å²) in [4.78, 5) is 34.2. The number of fused-ring (bicyclic) bond motifs is 1. The summed E-state index contributed by atoms with van der Waals surface area (Å²) in [6.07, 6.45) is 4.91. The van der Waals surface area contributed by atoms with Crippen molar-refractivity contribution in [3.8, 4) is 5.75 Å². The van der Waals surface area contributed by atoms with E-state index in [1.165, 1.54) is 23.0 Å². The second-order valence-electron chi connectivity index (χ2n) is 7.00. The molecular weight excluding hydrogens is 432 g/mol. The molecular formula is C23H23ClN4O4. The van der Waals surface area contributed by atoms with E-state index in [-0.39, 0.29) is 30.6 Å². The zero-order chi connectivity index (χ0) is 23.3. The summed E-state index contributed by atoms with van der Waals surface area (Å²) in [6.45, 7) is 7.06. The molecule has 0 bridgehead atoms. The second-order valence-corrected chi connectivity index (χ2v) is 7.44. The minimum Gasteiger partial charge on any atom is -0.454 e. The molecule has 0 saturated carbocycles. The van der Waals surface area contributed by atoms with E-state index >= 15 is 0 Å². The van der Waals surface area contributed by atoms with Crippen LogP contribution >= 0.6 is 11.6 Å². The number of pyridine rings is 1. The quantitative estimate of drug-likeness (QED) is 0.304. The molecule has 166 valence electrons. The van der Waals surface area contributed by atoms with Crippen molar-refractivity contribution in [2.24, 2.45) is 12.0 Å². The predicted octanol–water partition coefficient (Wildman–Crippen LogP) is 2.83. The van der Waals surface area contributed by atoms with Crippen molar-refractivity contribution in [1.29, 1.82) is 0 Å². The van der Waals surface area contributed by atoms with Crippen LogP contribution in [0.3, 0.4) is 0 Å². The van der Waals surface area contributed by atoms with Crippen LogP contribution in [0.25, 0.3) is 11.0 Å². The standard InChI is InChI=1S/C23H23ClN4O4/c1-4-17(13-25-2)32-19-14-26-21-20(18(19)12-15-6-8-16(24)9-7-15)22(30)28(10-5-11-29)23(31)27(21)3/h4,6-9,13-14,29H,1-2,5,10-12H2,3H3/b17-13+. The number of allylic oxidation sites excluding steroid dienone is 1. The Morgan fingerprint density at radius 1 is 1.31 bits per heavy atom. The number of aliphatic hydroxyl groups is 1. The predicted molar refractivity (Wildman–Crippen MR) is 126 cm³/mol. The van der Waals surface area contributed by atoms with Crippen LogP contribution in [0.5, 0.6) is 5.75 Å². The topological polar surface area (TPSA) is 98.7 Å². The van der Waals surface area contributed by atoms with Crippen molar-refractivity contribution in [2.75, 3.05) is 6.61 Å². The first-order valence-electron chi connectivity index (χ1n) is 9.84. The van der Waals surface area contributed by atoms with E-state index in [1.807, 2.05) is 12.1 Å². The molecule has 0 aliphatic rings. The van der Waals surface area contributed by atoms with Crippen LogP contribution in [0.4, 0.5) is 0 Å². The van der Waals surface area contributed by atoms with Crippen LogP contribution in [0.2, 0.25) is 5.02 Å². The summed E-state index contributed by atoms with van der Waals surface area (Å²) in [7, 11) is 1.55. The third-order valence-electron chi connectivity index (χ3n) is 4.90. The van der Waals surface area contributed by atoms with Gasteiger partial charge in [-0.2, -0.15) is 0 Å². The van der Waals surface area contributed by atoms with Crippen LogP contribution in [-0.4, -0.2) is 32.5 Å². The lowest BCUT2D eigenvalue weighted by atomic mass is 10.0. The van der Waals surface area contributed by atoms with Crippen LogP contribution in [-0.2, 0) is 20.0 Å². The van der Waals surface area contributed by atoms with E-state index in [0.29, 0.717) is 28.5 Å². The van der Waals surface area contributed by atoms with Gasteiger partial charge in [0.05, 0.1) is 17.8 Å². The molecule has 8 nitrogen and oxygen atoms in total. The van der Waals surface area contributed by atoms with Gasteiger partial charge in [-0.3, -0.25) is 18.9 Å². The fraction of sp³-hybridized carbons (Fsp3) is 0.217. The van der Waals surface area contributed by atoms with Crippen LogP contribution in [0.1, 0.15) is 17.5 Å². The number of aromatic nitrogens is 3. The molecule has 2 heterocycles. The van der Waals surface area contributed by atoms with Gasteiger partial charge >= 0.3 is 5.69 Å². The maximum atomic E-state index is 13.4. The highest BCUT2D eigenvalue weighted by atomic mass is 35.5. The molecule has 0 fully saturated rings. The molecule has 0 atom stereocenters. The number of halogens is 1. The number of nitrogens with zero attached hydrogens (tertiary/aromatic N) is 4. The average molecular weight is 455 g/mol. The fourth-order valence-electron chi connectivity index (χ4n) is 3.33. The number of benzene rings is 1. The summed E-state index contributed by atoms with van der Waals surface area (Å²) in [5.41, 5.74) is 0.671. The summed E-state index contributed by atoms with van der Waals surface area (Å²) in [5, 5.41) is 10.0. The highest BCUT2D eigenvalue weighted by molar-refractivity contribution is 6.30. The largest absolute Gasteiger partial charge is 0.454 e. The van der Waals surface area contributed by atoms with E-state index in [9.17, 15) is 14.7 Å². The Morgan fingerprint density at radius 2 is 2.03 bits per heavy atom. The molecule has 1 N–H and O–H groups in total. The SMILES string of the molecule is C=C/C(=C\N=C)Oc1cnc2c(c1Cc1ccc(Cl)cc1)c(=O)n(CCCO)c(=O)n2C. The fourth-order valence-corrected chi connectivity index (χ4v) is 3.45. The Kier molecular flexibility index (Phi) is 7.40. The van der Waals surface area contributed by atoms with Crippen LogP contribution in [0.15, 0.2) is 69.7 Å². The summed E-state index contributed by atoms with van der Waals surface area (Å²) in [5.74, 6) is 0.649. The molecule has 0 aliphatic heterocycles. The molecule has 3 aromatic rings. The zero-order valence-corrected chi connectivity index (χ0v) is 18.4. The van der Waals surface area contributed by atoms with E-state index in [1.54, 1.807) is 19.2 Å². The molecule has 1 aromatic carbocycles. The maximum Gasteiger partial charge on any atom is 0.332 e. The number of hydrogen-bond acceptors (Lipinski definition) is 6. The Morgan fingerprint density at radius 3 is 2.66 bits per heavy atom. The van der Waals surface area contributed by atoms with Gasteiger partial charge in [-0.15, -0.1) is 0 Å². The van der Waals surface area contributed by atoms with Crippen molar-refractivity contribution in [2.45, 2.75) is 19.4 Å². The van der Waals surface area contributed by atoms with E-state index < -0.39 is 11.2 Å². The van der Waals surface area contributed by atoms with Crippen LogP contribution < -0.4 is 16.0 Å². The van der Waals surface area contributed by atoms with Gasteiger partial charge in [-0.25, -0.2) is 9.78 Å². The second kappa shape index (κ2) is 10.2. The molecule has 2 aromatic heterocycles. The number of aliphatic hydroxyl groups excluding tert-OH is 1.